The molecular formula is C10H13N3O3. The fourth-order valence-electron chi connectivity index (χ4n) is 1.26. The Morgan fingerprint density at radius 3 is 2.44 bits per heavy atom. The van der Waals surface area contributed by atoms with Crippen molar-refractivity contribution in [3.05, 3.63) is 29.8 Å². The molecule has 0 aromatic heterocycles. The van der Waals surface area contributed by atoms with Crippen LogP contribution in [0.25, 0.3) is 0 Å². The number of aliphatic carboxylic acids is 1. The van der Waals surface area contributed by atoms with Crippen LogP contribution in [0, 0.1) is 5.41 Å². The molecule has 1 aromatic rings. The van der Waals surface area contributed by atoms with Crippen LogP contribution in [0.15, 0.2) is 24.3 Å². The fraction of sp³-hybridized carbons (Fsp3) is 0.200. The standard InChI is InChI=1S/C10H13N3O3/c11-10(12)13-8(9(15)16)5-6-1-3-7(14)4-2-6/h1-4,8,14H,5H2,(H,15,16)(H4,11,12,13)/t8-/m0/s1. The number of benzene rings is 1. The Kier molecular flexibility index (Phi) is 3.71. The minimum absolute atomic E-state index is 0.121. The topological polar surface area (TPSA) is 119 Å². The Hall–Kier alpha value is -2.24. The minimum Gasteiger partial charge on any atom is -0.508 e. The molecule has 16 heavy (non-hydrogen) atoms. The normalized spacial score (nSPS) is 11.8. The van der Waals surface area contributed by atoms with Crippen LogP contribution in [0.4, 0.5) is 0 Å². The zero-order valence-electron chi connectivity index (χ0n) is 8.47. The Bertz CT molecular complexity index is 389. The van der Waals surface area contributed by atoms with Gasteiger partial charge >= 0.3 is 5.97 Å². The summed E-state index contributed by atoms with van der Waals surface area (Å²) in [6.07, 6.45) is 0.190. The van der Waals surface area contributed by atoms with E-state index in [-0.39, 0.29) is 18.1 Å². The molecule has 0 aliphatic carbocycles. The lowest BCUT2D eigenvalue weighted by Gasteiger charge is -2.14. The third-order valence-corrected chi connectivity index (χ3v) is 2.00. The number of hydrogen-bond acceptors (Lipinski definition) is 3. The predicted octanol–water partition coefficient (Wildman–Crippen LogP) is -0.129. The Morgan fingerprint density at radius 1 is 1.44 bits per heavy atom. The summed E-state index contributed by atoms with van der Waals surface area (Å²) in [6, 6.07) is 5.24. The molecule has 0 unspecified atom stereocenters. The van der Waals surface area contributed by atoms with Crippen LogP contribution >= 0.6 is 0 Å². The molecule has 0 radical (unpaired) electrons. The molecule has 0 fully saturated rings. The third kappa shape index (κ3) is 3.49. The van der Waals surface area contributed by atoms with Crippen molar-refractivity contribution < 1.29 is 15.0 Å². The second-order valence-corrected chi connectivity index (χ2v) is 3.32. The van der Waals surface area contributed by atoms with Gasteiger partial charge < -0.3 is 21.3 Å². The second-order valence-electron chi connectivity index (χ2n) is 3.32. The summed E-state index contributed by atoms with van der Waals surface area (Å²) in [4.78, 5) is 10.8. The summed E-state index contributed by atoms with van der Waals surface area (Å²) in [5.41, 5.74) is 5.81. The number of nitrogens with one attached hydrogen (secondary N) is 2. The molecule has 6 N–H and O–H groups in total. The Balaban J connectivity index is 2.71. The van der Waals surface area contributed by atoms with E-state index in [1.807, 2.05) is 0 Å². The number of nitrogens with two attached hydrogens (primary N) is 1. The molecule has 0 aliphatic rings. The molecular weight excluding hydrogens is 210 g/mol. The van der Waals surface area contributed by atoms with Gasteiger partial charge in [0.15, 0.2) is 5.96 Å². The molecule has 1 atom stereocenters. The SMILES string of the molecule is N=C(N)N[C@@H](Cc1ccc(O)cc1)C(=O)O. The van der Waals surface area contributed by atoms with E-state index in [9.17, 15) is 4.79 Å². The van der Waals surface area contributed by atoms with Crippen molar-refractivity contribution in [3.8, 4) is 5.75 Å². The van der Waals surface area contributed by atoms with E-state index in [0.29, 0.717) is 0 Å². The quantitative estimate of drug-likeness (QED) is 0.360. The maximum Gasteiger partial charge on any atom is 0.326 e. The van der Waals surface area contributed by atoms with E-state index >= 15 is 0 Å². The van der Waals surface area contributed by atoms with Crippen LogP contribution in [0.1, 0.15) is 5.56 Å². The number of carboxylic acids is 1. The maximum absolute atomic E-state index is 10.8. The van der Waals surface area contributed by atoms with E-state index in [1.165, 1.54) is 12.1 Å². The van der Waals surface area contributed by atoms with Crippen molar-refractivity contribution in [1.82, 2.24) is 5.32 Å². The number of carboxylic acid groups (broad SMARTS) is 1. The van der Waals surface area contributed by atoms with Gasteiger partial charge in [-0.1, -0.05) is 12.1 Å². The summed E-state index contributed by atoms with van der Waals surface area (Å²) in [5.74, 6) is -1.34. The van der Waals surface area contributed by atoms with Crippen molar-refractivity contribution in [2.24, 2.45) is 5.73 Å². The van der Waals surface area contributed by atoms with Crippen LogP contribution in [0.3, 0.4) is 0 Å². The van der Waals surface area contributed by atoms with Gasteiger partial charge in [-0.05, 0) is 17.7 Å². The zero-order valence-corrected chi connectivity index (χ0v) is 8.47. The van der Waals surface area contributed by atoms with Crippen molar-refractivity contribution in [2.45, 2.75) is 12.5 Å². The summed E-state index contributed by atoms with van der Waals surface area (Å²) in [5, 5.41) is 27.3. The van der Waals surface area contributed by atoms with Crippen LogP contribution < -0.4 is 11.1 Å². The van der Waals surface area contributed by atoms with Gasteiger partial charge in [-0.15, -0.1) is 0 Å². The van der Waals surface area contributed by atoms with Gasteiger partial charge in [-0.3, -0.25) is 5.41 Å². The van der Waals surface area contributed by atoms with Crippen molar-refractivity contribution in [3.63, 3.8) is 0 Å². The molecule has 1 aromatic carbocycles. The largest absolute Gasteiger partial charge is 0.508 e. The zero-order chi connectivity index (χ0) is 12.1. The minimum atomic E-state index is -1.08. The van der Waals surface area contributed by atoms with E-state index in [1.54, 1.807) is 12.1 Å². The predicted molar refractivity (Wildman–Crippen MR) is 58.3 cm³/mol. The number of aromatic hydroxyl groups is 1. The average Bonchev–Trinajstić information content (AvgIpc) is 2.19. The van der Waals surface area contributed by atoms with Gasteiger partial charge in [-0.25, -0.2) is 4.79 Å². The van der Waals surface area contributed by atoms with E-state index in [0.717, 1.165) is 5.56 Å². The van der Waals surface area contributed by atoms with Crippen molar-refractivity contribution >= 4 is 11.9 Å². The molecule has 0 amide bonds. The van der Waals surface area contributed by atoms with Gasteiger partial charge in [0.25, 0.3) is 0 Å². The highest BCUT2D eigenvalue weighted by Crippen LogP contribution is 2.11. The molecule has 86 valence electrons. The lowest BCUT2D eigenvalue weighted by Crippen LogP contribution is -2.45. The molecule has 0 bridgehead atoms. The number of rotatable bonds is 4. The van der Waals surface area contributed by atoms with Gasteiger partial charge in [0, 0.05) is 6.42 Å². The molecule has 0 saturated heterocycles. The number of phenols is 1. The summed E-state index contributed by atoms with van der Waals surface area (Å²) < 4.78 is 0. The van der Waals surface area contributed by atoms with Crippen LogP contribution in [-0.2, 0) is 11.2 Å². The smallest absolute Gasteiger partial charge is 0.326 e. The maximum atomic E-state index is 10.8. The fourth-order valence-corrected chi connectivity index (χ4v) is 1.26. The van der Waals surface area contributed by atoms with Gasteiger partial charge in [0.2, 0.25) is 0 Å². The lowest BCUT2D eigenvalue weighted by atomic mass is 10.1. The van der Waals surface area contributed by atoms with E-state index in [2.05, 4.69) is 5.32 Å². The first-order valence-electron chi connectivity index (χ1n) is 4.60. The highest BCUT2D eigenvalue weighted by atomic mass is 16.4. The average molecular weight is 223 g/mol. The van der Waals surface area contributed by atoms with Gasteiger partial charge in [0.1, 0.15) is 11.8 Å². The first-order valence-corrected chi connectivity index (χ1v) is 4.60. The van der Waals surface area contributed by atoms with E-state index < -0.39 is 12.0 Å². The summed E-state index contributed by atoms with van der Waals surface area (Å²) >= 11 is 0. The van der Waals surface area contributed by atoms with Crippen LogP contribution in [0.5, 0.6) is 5.75 Å². The number of phenolic OH excluding ortho intramolecular Hbond substituents is 1. The van der Waals surface area contributed by atoms with Crippen LogP contribution in [-0.4, -0.2) is 28.2 Å². The molecule has 0 spiro atoms. The monoisotopic (exact) mass is 223 g/mol. The molecule has 0 heterocycles. The highest BCUT2D eigenvalue weighted by molar-refractivity contribution is 5.82. The lowest BCUT2D eigenvalue weighted by molar-refractivity contribution is -0.139. The first-order chi connectivity index (χ1) is 7.49. The van der Waals surface area contributed by atoms with Gasteiger partial charge in [-0.2, -0.15) is 0 Å². The van der Waals surface area contributed by atoms with E-state index in [4.69, 9.17) is 21.4 Å². The van der Waals surface area contributed by atoms with Gasteiger partial charge in [0.05, 0.1) is 0 Å². The Morgan fingerprint density at radius 2 is 2.00 bits per heavy atom. The second kappa shape index (κ2) is 5.01. The van der Waals surface area contributed by atoms with Crippen molar-refractivity contribution in [2.75, 3.05) is 0 Å². The molecule has 6 nitrogen and oxygen atoms in total. The first kappa shape index (κ1) is 11.8. The summed E-state index contributed by atoms with van der Waals surface area (Å²) in [7, 11) is 0. The number of hydrogen-bond donors (Lipinski definition) is 5. The number of guanidine groups is 1. The molecule has 0 aliphatic heterocycles. The number of carbonyl (C=O) groups is 1. The molecule has 0 saturated carbocycles. The summed E-state index contributed by atoms with van der Waals surface area (Å²) in [6.45, 7) is 0. The van der Waals surface area contributed by atoms with Crippen LogP contribution in [0.2, 0.25) is 0 Å². The van der Waals surface area contributed by atoms with Crippen molar-refractivity contribution in [1.29, 1.82) is 5.41 Å². The molecule has 1 rings (SSSR count). The molecule has 6 heteroatoms. The highest BCUT2D eigenvalue weighted by Gasteiger charge is 2.17. The Labute approximate surface area is 92.2 Å². The third-order valence-electron chi connectivity index (χ3n) is 2.00.